The van der Waals surface area contributed by atoms with Crippen LogP contribution in [0, 0.1) is 6.92 Å². The summed E-state index contributed by atoms with van der Waals surface area (Å²) in [6, 6.07) is 16.3. The Hall–Kier alpha value is -2.29. The van der Waals surface area contributed by atoms with Crippen molar-refractivity contribution < 1.29 is 19.4 Å². The molecule has 1 saturated heterocycles. The lowest BCUT2D eigenvalue weighted by Crippen LogP contribution is -2.43. The van der Waals surface area contributed by atoms with Gasteiger partial charge < -0.3 is 24.8 Å². The normalized spacial score (nSPS) is 15.5. The van der Waals surface area contributed by atoms with Crippen molar-refractivity contribution in [3.63, 3.8) is 0 Å². The number of aliphatic hydroxyl groups excluding tert-OH is 1. The molecule has 35 heavy (non-hydrogen) atoms. The number of aryl methyl sites for hydroxylation is 1. The molecular weight excluding hydrogens is 507 g/mol. The molecule has 0 saturated carbocycles. The van der Waals surface area contributed by atoms with Gasteiger partial charge in [0.25, 0.3) is 5.91 Å². The Morgan fingerprint density at radius 1 is 1.14 bits per heavy atom. The molecule has 2 heterocycles. The monoisotopic (exact) mass is 534 g/mol. The van der Waals surface area contributed by atoms with Crippen LogP contribution < -0.4 is 14.8 Å². The topological polar surface area (TPSA) is 71.0 Å². The Labute approximate surface area is 219 Å². The fourth-order valence-electron chi connectivity index (χ4n) is 3.93. The number of aliphatic hydroxyl groups is 1. The van der Waals surface area contributed by atoms with Gasteiger partial charge in [-0.1, -0.05) is 35.3 Å². The number of para-hydroxylation sites is 2. The Morgan fingerprint density at radius 2 is 1.91 bits per heavy atom. The van der Waals surface area contributed by atoms with E-state index in [4.69, 9.17) is 32.7 Å². The van der Waals surface area contributed by atoms with E-state index < -0.39 is 6.10 Å². The Morgan fingerprint density at radius 3 is 2.63 bits per heavy atom. The van der Waals surface area contributed by atoms with Crippen LogP contribution in [0.25, 0.3) is 0 Å². The van der Waals surface area contributed by atoms with Crippen molar-refractivity contribution in [1.29, 1.82) is 0 Å². The van der Waals surface area contributed by atoms with E-state index in [-0.39, 0.29) is 18.6 Å². The van der Waals surface area contributed by atoms with Gasteiger partial charge >= 0.3 is 0 Å². The van der Waals surface area contributed by atoms with E-state index in [1.807, 2.05) is 31.2 Å². The number of halogens is 2. The molecule has 1 aliphatic heterocycles. The highest BCUT2D eigenvalue weighted by Crippen LogP contribution is 2.29. The lowest BCUT2D eigenvalue weighted by Gasteiger charge is -2.33. The molecule has 1 unspecified atom stereocenters. The average Bonchev–Trinajstić information content (AvgIpc) is 3.28. The summed E-state index contributed by atoms with van der Waals surface area (Å²) in [5.74, 6) is 1.07. The predicted octanol–water partition coefficient (Wildman–Crippen LogP) is 5.90. The number of hydrogen-bond acceptors (Lipinski definition) is 6. The molecule has 3 aromatic rings. The van der Waals surface area contributed by atoms with Gasteiger partial charge in [-0.15, -0.1) is 11.3 Å². The van der Waals surface area contributed by atoms with Crippen LogP contribution in [0.3, 0.4) is 0 Å². The van der Waals surface area contributed by atoms with E-state index in [2.05, 4.69) is 10.2 Å². The Balaban J connectivity index is 1.22. The van der Waals surface area contributed by atoms with Gasteiger partial charge in [-0.2, -0.15) is 0 Å². The van der Waals surface area contributed by atoms with Crippen molar-refractivity contribution in [1.82, 2.24) is 4.90 Å². The number of amides is 1. The van der Waals surface area contributed by atoms with Gasteiger partial charge in [0.05, 0.1) is 20.6 Å². The third-order valence-electron chi connectivity index (χ3n) is 5.73. The van der Waals surface area contributed by atoms with Gasteiger partial charge in [-0.05, 0) is 56.2 Å². The molecule has 2 N–H and O–H groups in total. The maximum absolute atomic E-state index is 12.5. The fraction of sp³-hybridized carbons (Fsp3) is 0.346. The average molecular weight is 535 g/mol. The minimum Gasteiger partial charge on any atom is -0.490 e. The van der Waals surface area contributed by atoms with Crippen LogP contribution >= 0.6 is 34.5 Å². The minimum absolute atomic E-state index is 0.0968. The van der Waals surface area contributed by atoms with Crippen LogP contribution in [-0.4, -0.2) is 54.4 Å². The molecule has 9 heteroatoms. The number of thiophene rings is 1. The summed E-state index contributed by atoms with van der Waals surface area (Å²) in [6.45, 7) is 4.23. The summed E-state index contributed by atoms with van der Waals surface area (Å²) in [4.78, 5) is 16.4. The Kier molecular flexibility index (Phi) is 8.92. The SMILES string of the molecule is Cc1ccc(C(=O)Nc2ccccc2OCC(O)CN2CCC(Oc3ccc(Cl)c(Cl)c3)CC2)s1. The molecule has 1 amide bonds. The van der Waals surface area contributed by atoms with Gasteiger partial charge in [0.15, 0.2) is 0 Å². The summed E-state index contributed by atoms with van der Waals surface area (Å²) in [5.41, 5.74) is 0.580. The molecule has 1 aromatic heterocycles. The zero-order valence-corrected chi connectivity index (χ0v) is 21.7. The molecule has 6 nitrogen and oxygen atoms in total. The number of nitrogens with one attached hydrogen (secondary N) is 1. The fourth-order valence-corrected chi connectivity index (χ4v) is 4.98. The number of carbonyl (C=O) groups excluding carboxylic acids is 1. The van der Waals surface area contributed by atoms with Gasteiger partial charge in [0, 0.05) is 30.6 Å². The molecule has 0 radical (unpaired) electrons. The van der Waals surface area contributed by atoms with Gasteiger partial charge in [0.2, 0.25) is 0 Å². The van der Waals surface area contributed by atoms with Crippen molar-refractivity contribution >= 4 is 46.1 Å². The molecule has 0 bridgehead atoms. The van der Waals surface area contributed by atoms with Crippen LogP contribution in [0.15, 0.2) is 54.6 Å². The van der Waals surface area contributed by atoms with Crippen molar-refractivity contribution in [2.24, 2.45) is 0 Å². The quantitative estimate of drug-likeness (QED) is 0.357. The van der Waals surface area contributed by atoms with Crippen LogP contribution in [0.1, 0.15) is 27.4 Å². The van der Waals surface area contributed by atoms with E-state index in [1.54, 1.807) is 30.3 Å². The highest BCUT2D eigenvalue weighted by Gasteiger charge is 2.23. The second kappa shape index (κ2) is 12.1. The van der Waals surface area contributed by atoms with Crippen LogP contribution in [-0.2, 0) is 0 Å². The number of rotatable bonds is 9. The summed E-state index contributed by atoms with van der Waals surface area (Å²) >= 11 is 13.5. The molecule has 1 aliphatic rings. The third-order valence-corrected chi connectivity index (χ3v) is 7.47. The molecule has 1 atom stereocenters. The second-order valence-electron chi connectivity index (χ2n) is 8.52. The second-order valence-corrected chi connectivity index (χ2v) is 10.6. The van der Waals surface area contributed by atoms with Crippen molar-refractivity contribution in [3.05, 3.63) is 74.4 Å². The van der Waals surface area contributed by atoms with E-state index in [9.17, 15) is 9.90 Å². The van der Waals surface area contributed by atoms with E-state index in [1.165, 1.54) is 11.3 Å². The van der Waals surface area contributed by atoms with Gasteiger partial charge in [-0.3, -0.25) is 4.79 Å². The first-order valence-electron chi connectivity index (χ1n) is 11.5. The summed E-state index contributed by atoms with van der Waals surface area (Å²) in [5, 5.41) is 14.5. The first-order chi connectivity index (χ1) is 16.9. The van der Waals surface area contributed by atoms with Crippen molar-refractivity contribution in [2.75, 3.05) is 31.6 Å². The third kappa shape index (κ3) is 7.35. The predicted molar refractivity (Wildman–Crippen MR) is 142 cm³/mol. The number of piperidine rings is 1. The molecule has 0 aliphatic carbocycles. The summed E-state index contributed by atoms with van der Waals surface area (Å²) in [6.07, 6.45) is 1.14. The van der Waals surface area contributed by atoms with Crippen molar-refractivity contribution in [2.45, 2.75) is 32.0 Å². The highest BCUT2D eigenvalue weighted by atomic mass is 35.5. The molecule has 4 rings (SSSR count). The summed E-state index contributed by atoms with van der Waals surface area (Å²) < 4.78 is 11.9. The van der Waals surface area contributed by atoms with Gasteiger partial charge in [-0.25, -0.2) is 0 Å². The molecule has 1 fully saturated rings. The minimum atomic E-state index is -0.661. The lowest BCUT2D eigenvalue weighted by atomic mass is 10.1. The zero-order valence-electron chi connectivity index (χ0n) is 19.4. The number of β-amino-alcohol motifs (C(OH)–C–C–N with tert-alkyl or cyclic N) is 1. The number of ether oxygens (including phenoxy) is 2. The van der Waals surface area contributed by atoms with Crippen LogP contribution in [0.2, 0.25) is 10.0 Å². The van der Waals surface area contributed by atoms with Crippen molar-refractivity contribution in [3.8, 4) is 11.5 Å². The number of likely N-dealkylation sites (tertiary alicyclic amines) is 1. The number of carbonyl (C=O) groups is 1. The number of nitrogens with zero attached hydrogens (tertiary/aromatic N) is 1. The van der Waals surface area contributed by atoms with Crippen LogP contribution in [0.5, 0.6) is 11.5 Å². The van der Waals surface area contributed by atoms with E-state index >= 15 is 0 Å². The molecular formula is C26H28Cl2N2O4S. The van der Waals surface area contributed by atoms with Crippen LogP contribution in [0.4, 0.5) is 5.69 Å². The maximum Gasteiger partial charge on any atom is 0.265 e. The molecule has 2 aromatic carbocycles. The highest BCUT2D eigenvalue weighted by molar-refractivity contribution is 7.14. The smallest absolute Gasteiger partial charge is 0.265 e. The molecule has 186 valence electrons. The standard InChI is InChI=1S/C26H28Cl2N2O4S/c1-17-6-9-25(35-17)26(32)29-23-4-2-3-5-24(23)33-16-18(31)15-30-12-10-19(11-13-30)34-20-7-8-21(27)22(28)14-20/h2-9,14,18-19,31H,10-13,15-16H2,1H3,(H,29,32). The maximum atomic E-state index is 12.5. The summed E-state index contributed by atoms with van der Waals surface area (Å²) in [7, 11) is 0. The Bertz CT molecular complexity index is 1150. The largest absolute Gasteiger partial charge is 0.490 e. The lowest BCUT2D eigenvalue weighted by molar-refractivity contribution is 0.0403. The number of anilines is 1. The number of benzene rings is 2. The first-order valence-corrected chi connectivity index (χ1v) is 13.1. The zero-order chi connectivity index (χ0) is 24.8. The molecule has 0 spiro atoms. The number of hydrogen-bond donors (Lipinski definition) is 2. The van der Waals surface area contributed by atoms with Gasteiger partial charge in [0.1, 0.15) is 30.3 Å². The first kappa shape index (κ1) is 25.8. The van der Waals surface area contributed by atoms with E-state index in [0.717, 1.165) is 30.8 Å². The van der Waals surface area contributed by atoms with E-state index in [0.29, 0.717) is 38.7 Å².